The monoisotopic (exact) mass is 554 g/mol. The first-order valence-corrected chi connectivity index (χ1v) is 13.0. The number of rotatable bonds is 8. The number of aromatic nitrogens is 5. The summed E-state index contributed by atoms with van der Waals surface area (Å²) in [5.74, 6) is -2.44. The number of nitrogens with zero attached hydrogens (tertiary/aromatic N) is 7. The largest absolute Gasteiger partial charge is 0.492 e. The van der Waals surface area contributed by atoms with E-state index in [0.29, 0.717) is 30.6 Å². The molecule has 4 rings (SSSR count). The highest BCUT2D eigenvalue weighted by molar-refractivity contribution is 7.89. The first kappa shape index (κ1) is 27.4. The lowest BCUT2D eigenvalue weighted by atomic mass is 10.1. The Kier molecular flexibility index (Phi) is 7.66. The van der Waals surface area contributed by atoms with Crippen molar-refractivity contribution < 1.29 is 31.2 Å². The average Bonchev–Trinajstić information content (AvgIpc) is 3.56. The maximum Gasteiger partial charge on any atom is 0.492 e. The number of carbonyl (C=O) groups excluding carboxylic acids is 1. The first-order valence-electron chi connectivity index (χ1n) is 11.6. The Bertz CT molecular complexity index is 1420. The van der Waals surface area contributed by atoms with Gasteiger partial charge in [-0.25, -0.2) is 28.2 Å². The van der Waals surface area contributed by atoms with Gasteiger partial charge in [0.1, 0.15) is 12.7 Å². The molecule has 3 aromatic rings. The normalized spacial score (nSPS) is 16.7. The molecule has 0 saturated carbocycles. The second kappa shape index (κ2) is 10.6. The van der Waals surface area contributed by atoms with E-state index in [0.717, 1.165) is 6.42 Å². The Labute approximate surface area is 216 Å². The number of benzene rings is 1. The number of likely N-dealkylation sites (N-methyl/N-ethyl adjacent to an activating group) is 1. The third-order valence-corrected chi connectivity index (χ3v) is 7.76. The van der Waals surface area contributed by atoms with Crippen molar-refractivity contribution in [2.75, 3.05) is 25.4 Å². The fraction of sp³-hybridized carbons (Fsp3) is 0.409. The number of hydrogen-bond donors (Lipinski definition) is 1. The van der Waals surface area contributed by atoms with Crippen LogP contribution in [0.15, 0.2) is 41.9 Å². The van der Waals surface area contributed by atoms with E-state index in [1.807, 2.05) is 11.8 Å². The van der Waals surface area contributed by atoms with Crippen LogP contribution < -0.4 is 5.73 Å². The summed E-state index contributed by atoms with van der Waals surface area (Å²) in [6, 6.07) is 3.50. The van der Waals surface area contributed by atoms with Gasteiger partial charge in [0.05, 0.1) is 23.3 Å². The zero-order valence-corrected chi connectivity index (χ0v) is 21.3. The lowest BCUT2D eigenvalue weighted by Crippen LogP contribution is -2.45. The number of hydrogen-bond acceptors (Lipinski definition) is 10. The molecule has 204 valence electrons. The molecule has 1 aliphatic rings. The number of aryl methyl sites for hydroxylation is 1. The van der Waals surface area contributed by atoms with Gasteiger partial charge >= 0.3 is 12.1 Å². The average molecular weight is 555 g/mol. The number of likely N-dealkylation sites (tertiary alicyclic amines) is 1. The Morgan fingerprint density at radius 3 is 2.74 bits per heavy atom. The summed E-state index contributed by atoms with van der Waals surface area (Å²) >= 11 is 0. The van der Waals surface area contributed by atoms with E-state index in [2.05, 4.69) is 24.9 Å². The lowest BCUT2D eigenvalue weighted by Gasteiger charge is -2.28. The Morgan fingerprint density at radius 1 is 1.32 bits per heavy atom. The standard InChI is InChI=1S/C22H25F3N8O4S/c1-3-31-8-4-5-15(31)11-33(37-21(34)22(23,24)25)38(35,36)16-7-6-14(2)17(9-16)18-10-28-19(26)20(30-18)32-13-27-12-29-32/h6-7,9-10,12-13,15H,3-5,8,11H2,1-2H3,(H2,26,28)/t15-/m1/s1. The molecule has 1 atom stereocenters. The summed E-state index contributed by atoms with van der Waals surface area (Å²) in [5.41, 5.74) is 7.05. The van der Waals surface area contributed by atoms with Crippen LogP contribution in [0.2, 0.25) is 0 Å². The highest BCUT2D eigenvalue weighted by atomic mass is 32.2. The number of alkyl halides is 3. The van der Waals surface area contributed by atoms with Crippen LogP contribution in [0.5, 0.6) is 0 Å². The lowest BCUT2D eigenvalue weighted by molar-refractivity contribution is -0.223. The van der Waals surface area contributed by atoms with Gasteiger partial charge in [-0.15, -0.1) is 0 Å². The number of nitrogens with two attached hydrogens (primary N) is 1. The molecule has 1 fully saturated rings. The molecule has 2 aromatic heterocycles. The SMILES string of the molecule is CCN1CCC[C@@H]1CN(OC(=O)C(F)(F)F)S(=O)(=O)c1ccc(C)c(-c2cnc(N)c(-n3cncn3)n2)c1. The molecule has 38 heavy (non-hydrogen) atoms. The zero-order chi connectivity index (χ0) is 27.7. The maximum atomic E-state index is 13.6. The molecule has 3 heterocycles. The van der Waals surface area contributed by atoms with Crippen LogP contribution in [-0.2, 0) is 19.7 Å². The molecule has 0 bridgehead atoms. The predicted molar refractivity (Wildman–Crippen MR) is 128 cm³/mol. The Balaban J connectivity index is 1.74. The minimum absolute atomic E-state index is 0.0444. The van der Waals surface area contributed by atoms with Gasteiger partial charge in [0.2, 0.25) is 0 Å². The summed E-state index contributed by atoms with van der Waals surface area (Å²) < 4.78 is 67.7. The smallest absolute Gasteiger partial charge is 0.381 e. The van der Waals surface area contributed by atoms with Gasteiger partial charge in [-0.05, 0) is 55.0 Å². The van der Waals surface area contributed by atoms with Crippen LogP contribution in [0.4, 0.5) is 19.0 Å². The van der Waals surface area contributed by atoms with Crippen molar-refractivity contribution in [2.24, 2.45) is 0 Å². The van der Waals surface area contributed by atoms with Crippen molar-refractivity contribution in [1.29, 1.82) is 0 Å². The van der Waals surface area contributed by atoms with Gasteiger partial charge in [0.15, 0.2) is 11.6 Å². The molecule has 0 aliphatic carbocycles. The molecule has 1 aliphatic heterocycles. The Hall–Kier alpha value is -3.63. The van der Waals surface area contributed by atoms with Crippen molar-refractivity contribution in [2.45, 2.75) is 43.8 Å². The predicted octanol–water partition coefficient (Wildman–Crippen LogP) is 2.11. The van der Waals surface area contributed by atoms with Crippen molar-refractivity contribution in [3.63, 3.8) is 0 Å². The highest BCUT2D eigenvalue weighted by Crippen LogP contribution is 2.30. The van der Waals surface area contributed by atoms with Crippen molar-refractivity contribution in [3.8, 4) is 17.1 Å². The first-order chi connectivity index (χ1) is 17.9. The van der Waals surface area contributed by atoms with E-state index in [9.17, 15) is 26.4 Å². The molecule has 16 heteroatoms. The van der Waals surface area contributed by atoms with Gasteiger partial charge < -0.3 is 10.6 Å². The quantitative estimate of drug-likeness (QED) is 0.410. The van der Waals surface area contributed by atoms with Crippen LogP contribution in [0.1, 0.15) is 25.3 Å². The molecule has 0 spiro atoms. The zero-order valence-electron chi connectivity index (χ0n) is 20.5. The minimum atomic E-state index is -5.39. The van der Waals surface area contributed by atoms with E-state index in [1.165, 1.54) is 41.7 Å². The molecule has 1 saturated heterocycles. The van der Waals surface area contributed by atoms with Gasteiger partial charge in [-0.2, -0.15) is 23.0 Å². The molecule has 0 amide bonds. The fourth-order valence-electron chi connectivity index (χ4n) is 4.18. The topological polar surface area (TPSA) is 149 Å². The number of sulfonamides is 1. The number of nitrogen functional groups attached to an aromatic ring is 1. The van der Waals surface area contributed by atoms with E-state index in [1.54, 1.807) is 6.92 Å². The summed E-state index contributed by atoms with van der Waals surface area (Å²) in [5, 5.41) is 3.97. The van der Waals surface area contributed by atoms with Gasteiger partial charge in [-0.1, -0.05) is 13.0 Å². The third kappa shape index (κ3) is 5.61. The Morgan fingerprint density at radius 2 is 2.08 bits per heavy atom. The van der Waals surface area contributed by atoms with Crippen LogP contribution in [0.25, 0.3) is 17.1 Å². The summed E-state index contributed by atoms with van der Waals surface area (Å²) in [4.78, 5) is 30.0. The summed E-state index contributed by atoms with van der Waals surface area (Å²) in [6.45, 7) is 4.30. The van der Waals surface area contributed by atoms with Crippen molar-refractivity contribution in [1.82, 2.24) is 34.1 Å². The number of hydroxylamine groups is 1. The van der Waals surface area contributed by atoms with Crippen LogP contribution in [0.3, 0.4) is 0 Å². The fourth-order valence-corrected chi connectivity index (χ4v) is 5.45. The third-order valence-electron chi connectivity index (χ3n) is 6.15. The maximum absolute atomic E-state index is 13.6. The highest BCUT2D eigenvalue weighted by Gasteiger charge is 2.45. The molecule has 0 unspecified atom stereocenters. The second-order valence-corrected chi connectivity index (χ2v) is 10.4. The van der Waals surface area contributed by atoms with E-state index in [4.69, 9.17) is 5.73 Å². The van der Waals surface area contributed by atoms with Gasteiger partial charge in [0, 0.05) is 11.6 Å². The minimum Gasteiger partial charge on any atom is -0.381 e. The molecule has 0 radical (unpaired) electrons. The molecule has 12 nitrogen and oxygen atoms in total. The molecule has 2 N–H and O–H groups in total. The number of carbonyl (C=O) groups is 1. The molecule has 1 aromatic carbocycles. The van der Waals surface area contributed by atoms with E-state index < -0.39 is 39.7 Å². The van der Waals surface area contributed by atoms with Gasteiger partial charge in [-0.3, -0.25) is 4.90 Å². The van der Waals surface area contributed by atoms with E-state index >= 15 is 0 Å². The van der Waals surface area contributed by atoms with Crippen molar-refractivity contribution >= 4 is 21.8 Å². The second-order valence-electron chi connectivity index (χ2n) is 8.57. The summed E-state index contributed by atoms with van der Waals surface area (Å²) in [6.07, 6.45) is -0.162. The summed E-state index contributed by atoms with van der Waals surface area (Å²) in [7, 11) is -4.72. The van der Waals surface area contributed by atoms with Crippen molar-refractivity contribution in [3.05, 3.63) is 42.6 Å². The van der Waals surface area contributed by atoms with Crippen LogP contribution in [-0.4, -0.2) is 80.3 Å². The molecular formula is C22H25F3N8O4S. The van der Waals surface area contributed by atoms with Crippen LogP contribution in [0, 0.1) is 6.92 Å². The number of anilines is 1. The number of halogens is 3. The van der Waals surface area contributed by atoms with E-state index in [-0.39, 0.29) is 21.8 Å². The molecular weight excluding hydrogens is 529 g/mol. The van der Waals surface area contributed by atoms with Crippen LogP contribution >= 0.6 is 0 Å². The van der Waals surface area contributed by atoms with Gasteiger partial charge in [0.25, 0.3) is 10.0 Å².